The van der Waals surface area contributed by atoms with Crippen molar-refractivity contribution in [3.8, 4) is 0 Å². The molecular weight excluding hydrogens is 428 g/mol. The fraction of sp³-hybridized carbons (Fsp3) is 0.625. The Morgan fingerprint density at radius 2 is 1.76 bits per heavy atom. The number of β-amino-alcohol motifs (C(OH)–C–C–N with tert-alkyl or cyclic N) is 1. The third-order valence-electron chi connectivity index (χ3n) is 5.61. The number of rotatable bonds is 6. The Labute approximate surface area is 194 Å². The first-order valence-electron chi connectivity index (χ1n) is 11.4. The number of aliphatic hydroxyl groups excluding tert-OH is 1. The second-order valence-electron chi connectivity index (χ2n) is 9.52. The third kappa shape index (κ3) is 7.43. The molecule has 182 valence electrons. The highest BCUT2D eigenvalue weighted by atomic mass is 16.6. The van der Waals surface area contributed by atoms with Crippen LogP contribution in [0.5, 0.6) is 0 Å². The molecule has 1 aromatic rings. The van der Waals surface area contributed by atoms with Crippen LogP contribution in [-0.2, 0) is 30.4 Å². The Hall–Kier alpha value is -2.65. The minimum absolute atomic E-state index is 0.0689. The maximum absolute atomic E-state index is 13.1. The van der Waals surface area contributed by atoms with Crippen molar-refractivity contribution >= 4 is 18.0 Å². The molecule has 2 aliphatic heterocycles. The zero-order chi connectivity index (χ0) is 24.0. The molecule has 2 aliphatic rings. The Kier molecular flexibility index (Phi) is 8.31. The van der Waals surface area contributed by atoms with Gasteiger partial charge >= 0.3 is 12.1 Å². The summed E-state index contributed by atoms with van der Waals surface area (Å²) >= 11 is 0. The number of ether oxygens (including phenoxy) is 3. The van der Waals surface area contributed by atoms with Crippen molar-refractivity contribution in [1.82, 2.24) is 9.80 Å². The van der Waals surface area contributed by atoms with Crippen molar-refractivity contribution < 1.29 is 33.7 Å². The topological polar surface area (TPSA) is 106 Å². The van der Waals surface area contributed by atoms with Crippen LogP contribution in [0.15, 0.2) is 30.3 Å². The molecule has 0 aliphatic carbocycles. The molecule has 2 atom stereocenters. The number of amides is 2. The number of esters is 1. The van der Waals surface area contributed by atoms with Gasteiger partial charge in [0.25, 0.3) is 0 Å². The molecule has 1 aromatic carbocycles. The lowest BCUT2D eigenvalue weighted by molar-refractivity contribution is -0.163. The summed E-state index contributed by atoms with van der Waals surface area (Å²) in [6.07, 6.45) is -0.149. The van der Waals surface area contributed by atoms with E-state index in [9.17, 15) is 19.5 Å². The number of piperidine rings is 1. The average Bonchev–Trinajstić information content (AvgIpc) is 3.17. The van der Waals surface area contributed by atoms with Crippen LogP contribution in [0, 0.1) is 0 Å². The van der Waals surface area contributed by atoms with Crippen molar-refractivity contribution in [2.45, 2.75) is 70.5 Å². The normalized spacial score (nSPS) is 21.7. The minimum atomic E-state index is -0.766. The summed E-state index contributed by atoms with van der Waals surface area (Å²) in [5.74, 6) is -0.612. The van der Waals surface area contributed by atoms with Gasteiger partial charge in [-0.2, -0.15) is 0 Å². The summed E-state index contributed by atoms with van der Waals surface area (Å²) in [7, 11) is 0. The fourth-order valence-corrected chi connectivity index (χ4v) is 4.06. The molecule has 0 radical (unpaired) electrons. The molecule has 2 saturated heterocycles. The van der Waals surface area contributed by atoms with E-state index in [1.807, 2.05) is 30.3 Å². The van der Waals surface area contributed by atoms with Crippen LogP contribution in [0.1, 0.15) is 45.6 Å². The molecule has 0 unspecified atom stereocenters. The maximum atomic E-state index is 13.1. The molecule has 9 heteroatoms. The smallest absolute Gasteiger partial charge is 0.410 e. The lowest BCUT2D eigenvalue weighted by Crippen LogP contribution is -2.50. The molecule has 0 spiro atoms. The summed E-state index contributed by atoms with van der Waals surface area (Å²) in [6.45, 7) is 6.37. The van der Waals surface area contributed by atoms with Crippen molar-refractivity contribution in [3.63, 3.8) is 0 Å². The van der Waals surface area contributed by atoms with Crippen LogP contribution >= 0.6 is 0 Å². The van der Waals surface area contributed by atoms with E-state index in [4.69, 9.17) is 14.2 Å². The van der Waals surface area contributed by atoms with Gasteiger partial charge in [0.15, 0.2) is 0 Å². The SMILES string of the molecule is CC(C)(C)OC(=O)COC1CCN(C(=O)[C@@H]2C[C@@H](O)CN2C(=O)OCc2ccccc2)CC1. The molecule has 0 bridgehead atoms. The van der Waals surface area contributed by atoms with Crippen LogP contribution in [0.3, 0.4) is 0 Å². The van der Waals surface area contributed by atoms with Crippen molar-refractivity contribution in [1.29, 1.82) is 0 Å². The van der Waals surface area contributed by atoms with Gasteiger partial charge in [0.05, 0.1) is 18.8 Å². The number of aliphatic hydroxyl groups is 1. The average molecular weight is 463 g/mol. The first-order chi connectivity index (χ1) is 15.6. The van der Waals surface area contributed by atoms with Gasteiger partial charge in [-0.3, -0.25) is 9.69 Å². The van der Waals surface area contributed by atoms with Crippen LogP contribution < -0.4 is 0 Å². The van der Waals surface area contributed by atoms with Crippen LogP contribution in [0.4, 0.5) is 4.79 Å². The van der Waals surface area contributed by atoms with Gasteiger partial charge in [0.2, 0.25) is 5.91 Å². The third-order valence-corrected chi connectivity index (χ3v) is 5.61. The molecule has 33 heavy (non-hydrogen) atoms. The number of hydrogen-bond donors (Lipinski definition) is 1. The molecule has 0 aromatic heterocycles. The van der Waals surface area contributed by atoms with Crippen molar-refractivity contribution in [3.05, 3.63) is 35.9 Å². The van der Waals surface area contributed by atoms with Gasteiger partial charge < -0.3 is 24.2 Å². The lowest BCUT2D eigenvalue weighted by Gasteiger charge is -2.35. The van der Waals surface area contributed by atoms with E-state index in [2.05, 4.69) is 0 Å². The van der Waals surface area contributed by atoms with Gasteiger partial charge in [-0.1, -0.05) is 30.3 Å². The van der Waals surface area contributed by atoms with E-state index < -0.39 is 29.8 Å². The monoisotopic (exact) mass is 462 g/mol. The summed E-state index contributed by atoms with van der Waals surface area (Å²) < 4.78 is 16.3. The number of carbonyl (C=O) groups excluding carboxylic acids is 3. The van der Waals surface area contributed by atoms with Crippen LogP contribution in [-0.4, -0.2) is 83.0 Å². The van der Waals surface area contributed by atoms with Crippen molar-refractivity contribution in [2.75, 3.05) is 26.2 Å². The molecule has 0 saturated carbocycles. The van der Waals surface area contributed by atoms with E-state index in [1.165, 1.54) is 4.90 Å². The lowest BCUT2D eigenvalue weighted by atomic mass is 10.1. The number of benzene rings is 1. The zero-order valence-corrected chi connectivity index (χ0v) is 19.6. The molecule has 9 nitrogen and oxygen atoms in total. The van der Waals surface area contributed by atoms with Gasteiger partial charge in [-0.15, -0.1) is 0 Å². The Balaban J connectivity index is 1.47. The van der Waals surface area contributed by atoms with E-state index >= 15 is 0 Å². The van der Waals surface area contributed by atoms with Crippen LogP contribution in [0.2, 0.25) is 0 Å². The van der Waals surface area contributed by atoms with Gasteiger partial charge in [-0.25, -0.2) is 9.59 Å². The fourth-order valence-electron chi connectivity index (χ4n) is 4.06. The second-order valence-corrected chi connectivity index (χ2v) is 9.52. The number of carbonyl (C=O) groups is 3. The van der Waals surface area contributed by atoms with E-state index in [-0.39, 0.29) is 38.2 Å². The number of nitrogens with zero attached hydrogens (tertiary/aromatic N) is 2. The summed E-state index contributed by atoms with van der Waals surface area (Å²) in [5.41, 5.74) is 0.290. The van der Waals surface area contributed by atoms with E-state index in [0.717, 1.165) is 5.56 Å². The highest BCUT2D eigenvalue weighted by Crippen LogP contribution is 2.24. The summed E-state index contributed by atoms with van der Waals surface area (Å²) in [5, 5.41) is 10.1. The standard InChI is InChI=1S/C24H34N2O7/c1-24(2,3)33-21(28)16-31-19-9-11-25(12-10-19)22(29)20-13-18(27)14-26(20)23(30)32-15-17-7-5-4-6-8-17/h4-8,18-20,27H,9-16H2,1-3H3/t18-,20+/m1/s1. The van der Waals surface area contributed by atoms with Crippen molar-refractivity contribution in [2.24, 2.45) is 0 Å². The quantitative estimate of drug-likeness (QED) is 0.646. The van der Waals surface area contributed by atoms with Gasteiger partial charge in [0, 0.05) is 19.5 Å². The highest BCUT2D eigenvalue weighted by Gasteiger charge is 2.42. The highest BCUT2D eigenvalue weighted by molar-refractivity contribution is 5.86. The molecule has 2 heterocycles. The Morgan fingerprint density at radius 1 is 1.09 bits per heavy atom. The first kappa shape index (κ1) is 25.0. The zero-order valence-electron chi connectivity index (χ0n) is 19.6. The Morgan fingerprint density at radius 3 is 2.39 bits per heavy atom. The first-order valence-corrected chi connectivity index (χ1v) is 11.4. The molecule has 2 fully saturated rings. The maximum Gasteiger partial charge on any atom is 0.410 e. The van der Waals surface area contributed by atoms with E-state index in [0.29, 0.717) is 25.9 Å². The molecule has 1 N–H and O–H groups in total. The predicted molar refractivity (Wildman–Crippen MR) is 119 cm³/mol. The van der Waals surface area contributed by atoms with Crippen LogP contribution in [0.25, 0.3) is 0 Å². The van der Waals surface area contributed by atoms with E-state index in [1.54, 1.807) is 25.7 Å². The molecule has 3 rings (SSSR count). The molecular formula is C24H34N2O7. The Bertz CT molecular complexity index is 816. The second kappa shape index (κ2) is 11.0. The molecule has 2 amide bonds. The summed E-state index contributed by atoms with van der Waals surface area (Å²) in [6, 6.07) is 8.55. The van der Waals surface area contributed by atoms with Gasteiger partial charge in [-0.05, 0) is 39.2 Å². The predicted octanol–water partition coefficient (Wildman–Crippen LogP) is 2.11. The number of hydrogen-bond acceptors (Lipinski definition) is 7. The minimum Gasteiger partial charge on any atom is -0.458 e. The number of likely N-dealkylation sites (tertiary alicyclic amines) is 2. The van der Waals surface area contributed by atoms with Gasteiger partial charge in [0.1, 0.15) is 24.9 Å². The summed E-state index contributed by atoms with van der Waals surface area (Å²) in [4.78, 5) is 40.6. The largest absolute Gasteiger partial charge is 0.458 e.